The number of amides is 1. The minimum Gasteiger partial charge on any atom is -0.435 e. The molecule has 1 amide bonds. The molecule has 2 aromatic carbocycles. The molecule has 198 valence electrons. The summed E-state index contributed by atoms with van der Waals surface area (Å²) in [6, 6.07) is 15.8. The van der Waals surface area contributed by atoms with Crippen molar-refractivity contribution >= 4 is 5.91 Å². The fourth-order valence-electron chi connectivity index (χ4n) is 5.08. The number of methoxy groups -OCH3 is 1. The molecule has 2 N–H and O–H groups in total. The van der Waals surface area contributed by atoms with Crippen LogP contribution in [-0.2, 0) is 24.3 Å². The van der Waals surface area contributed by atoms with E-state index in [9.17, 15) is 18.7 Å². The highest BCUT2D eigenvalue weighted by molar-refractivity contribution is 5.94. The highest BCUT2D eigenvalue weighted by Gasteiger charge is 2.31. The first-order chi connectivity index (χ1) is 17.8. The Morgan fingerprint density at radius 2 is 1.89 bits per heavy atom. The average Bonchev–Trinajstić information content (AvgIpc) is 3.53. The minimum atomic E-state index is -2.86. The van der Waals surface area contributed by atoms with Gasteiger partial charge in [0.2, 0.25) is 0 Å². The van der Waals surface area contributed by atoms with Crippen LogP contribution in [0.2, 0.25) is 0 Å². The SMILES string of the molecule is COCc1cc(CN(C)C(=O)c2ccc(CC3CCC(C(O)c4ccc(OC(F)F)cc4)C3)cc2)[nH]n1. The van der Waals surface area contributed by atoms with Gasteiger partial charge in [-0.1, -0.05) is 24.3 Å². The van der Waals surface area contributed by atoms with Crippen LogP contribution in [0.1, 0.15) is 58.2 Å². The summed E-state index contributed by atoms with van der Waals surface area (Å²) in [6.07, 6.45) is 3.04. The third kappa shape index (κ3) is 7.14. The van der Waals surface area contributed by atoms with Gasteiger partial charge < -0.3 is 19.5 Å². The van der Waals surface area contributed by atoms with E-state index in [0.717, 1.165) is 42.6 Å². The summed E-state index contributed by atoms with van der Waals surface area (Å²) in [5, 5.41) is 17.9. The standard InChI is InChI=1S/C28H33F2N3O4/c1-33(16-23-15-24(17-36-2)32-31-23)27(35)21-6-3-18(4-7-21)13-19-5-8-22(14-19)26(34)20-9-11-25(12-10-20)37-28(29)30/h3-4,6-7,9-12,15,19,22,26,28,34H,5,8,13-14,16-17H2,1-2H3,(H,31,32). The van der Waals surface area contributed by atoms with Crippen molar-refractivity contribution in [3.8, 4) is 5.75 Å². The molecule has 4 rings (SSSR count). The van der Waals surface area contributed by atoms with Crippen molar-refractivity contribution in [1.82, 2.24) is 15.1 Å². The van der Waals surface area contributed by atoms with Gasteiger partial charge in [0.15, 0.2) is 0 Å². The quantitative estimate of drug-likeness (QED) is 0.372. The maximum Gasteiger partial charge on any atom is 0.387 e. The molecule has 3 unspecified atom stereocenters. The Balaban J connectivity index is 1.27. The number of rotatable bonds is 11. The van der Waals surface area contributed by atoms with Gasteiger partial charge in [-0.15, -0.1) is 0 Å². The fraction of sp³-hybridized carbons (Fsp3) is 0.429. The molecule has 1 aromatic heterocycles. The van der Waals surface area contributed by atoms with Crippen LogP contribution in [0.5, 0.6) is 5.75 Å². The zero-order valence-electron chi connectivity index (χ0n) is 21.1. The second kappa shape index (κ2) is 12.3. The van der Waals surface area contributed by atoms with Crippen LogP contribution in [0.4, 0.5) is 8.78 Å². The molecule has 37 heavy (non-hydrogen) atoms. The maximum atomic E-state index is 12.9. The van der Waals surface area contributed by atoms with Crippen LogP contribution >= 0.6 is 0 Å². The number of nitrogens with one attached hydrogen (secondary N) is 1. The third-order valence-corrected chi connectivity index (χ3v) is 6.93. The van der Waals surface area contributed by atoms with Crippen LogP contribution < -0.4 is 4.74 Å². The van der Waals surface area contributed by atoms with Gasteiger partial charge in [0.1, 0.15) is 5.75 Å². The van der Waals surface area contributed by atoms with E-state index in [1.165, 1.54) is 12.1 Å². The zero-order chi connectivity index (χ0) is 26.4. The largest absolute Gasteiger partial charge is 0.435 e. The number of aromatic amines is 1. The summed E-state index contributed by atoms with van der Waals surface area (Å²) in [5.41, 5.74) is 4.13. The molecule has 0 spiro atoms. The second-order valence-corrected chi connectivity index (χ2v) is 9.71. The van der Waals surface area contributed by atoms with E-state index >= 15 is 0 Å². The number of ether oxygens (including phenoxy) is 2. The smallest absolute Gasteiger partial charge is 0.387 e. The molecular formula is C28H33F2N3O4. The van der Waals surface area contributed by atoms with E-state index < -0.39 is 12.7 Å². The Morgan fingerprint density at radius 1 is 1.16 bits per heavy atom. The van der Waals surface area contributed by atoms with Crippen molar-refractivity contribution in [2.24, 2.45) is 11.8 Å². The molecule has 1 saturated carbocycles. The van der Waals surface area contributed by atoms with Crippen molar-refractivity contribution in [2.45, 2.75) is 51.6 Å². The minimum absolute atomic E-state index is 0.0662. The van der Waals surface area contributed by atoms with Crippen LogP contribution in [-0.4, -0.2) is 46.9 Å². The van der Waals surface area contributed by atoms with Gasteiger partial charge in [0.05, 0.1) is 30.6 Å². The lowest BCUT2D eigenvalue weighted by molar-refractivity contribution is -0.0498. The Labute approximate surface area is 215 Å². The molecule has 1 fully saturated rings. The molecule has 3 atom stereocenters. The highest BCUT2D eigenvalue weighted by Crippen LogP contribution is 2.40. The van der Waals surface area contributed by atoms with E-state index in [2.05, 4.69) is 14.9 Å². The predicted molar refractivity (Wildman–Crippen MR) is 134 cm³/mol. The van der Waals surface area contributed by atoms with Crippen LogP contribution in [0, 0.1) is 11.8 Å². The molecule has 1 aliphatic rings. The number of aromatic nitrogens is 2. The first kappa shape index (κ1) is 26.8. The van der Waals surface area contributed by atoms with Gasteiger partial charge in [-0.25, -0.2) is 0 Å². The van der Waals surface area contributed by atoms with Crippen LogP contribution in [0.3, 0.4) is 0 Å². The molecule has 0 bridgehead atoms. The van der Waals surface area contributed by atoms with Crippen molar-refractivity contribution in [3.05, 3.63) is 82.7 Å². The summed E-state index contributed by atoms with van der Waals surface area (Å²) in [4.78, 5) is 14.5. The van der Waals surface area contributed by atoms with Crippen LogP contribution in [0.25, 0.3) is 0 Å². The lowest BCUT2D eigenvalue weighted by atomic mass is 9.91. The topological polar surface area (TPSA) is 87.7 Å². The molecule has 1 heterocycles. The molecular weight excluding hydrogens is 480 g/mol. The predicted octanol–water partition coefficient (Wildman–Crippen LogP) is 5.12. The summed E-state index contributed by atoms with van der Waals surface area (Å²) < 4.78 is 34.2. The van der Waals surface area contributed by atoms with E-state index in [1.807, 2.05) is 30.3 Å². The number of benzene rings is 2. The second-order valence-electron chi connectivity index (χ2n) is 9.71. The lowest BCUT2D eigenvalue weighted by Crippen LogP contribution is -2.26. The number of H-pyrrole nitrogens is 1. The molecule has 0 aliphatic heterocycles. The molecule has 9 heteroatoms. The summed E-state index contributed by atoms with van der Waals surface area (Å²) in [7, 11) is 3.37. The van der Waals surface area contributed by atoms with E-state index in [1.54, 1.807) is 31.2 Å². The zero-order valence-corrected chi connectivity index (χ0v) is 21.1. The number of aliphatic hydroxyl groups is 1. The van der Waals surface area contributed by atoms with Gasteiger partial charge in [0, 0.05) is 19.7 Å². The molecule has 0 radical (unpaired) electrons. The fourth-order valence-corrected chi connectivity index (χ4v) is 5.08. The summed E-state index contributed by atoms with van der Waals surface area (Å²) in [6.45, 7) is -2.02. The van der Waals surface area contributed by atoms with Crippen molar-refractivity contribution in [3.63, 3.8) is 0 Å². The van der Waals surface area contributed by atoms with Gasteiger partial charge >= 0.3 is 6.61 Å². The van der Waals surface area contributed by atoms with Crippen molar-refractivity contribution < 1.29 is 28.2 Å². The van der Waals surface area contributed by atoms with Gasteiger partial charge in [-0.2, -0.15) is 13.9 Å². The first-order valence-corrected chi connectivity index (χ1v) is 12.4. The number of carbonyl (C=O) groups is 1. The number of aliphatic hydroxyl groups excluding tert-OH is 1. The Morgan fingerprint density at radius 3 is 2.57 bits per heavy atom. The highest BCUT2D eigenvalue weighted by atomic mass is 19.3. The van der Waals surface area contributed by atoms with Crippen LogP contribution in [0.15, 0.2) is 54.6 Å². The number of hydrogen-bond donors (Lipinski definition) is 2. The monoisotopic (exact) mass is 513 g/mol. The Kier molecular flexibility index (Phi) is 8.89. The maximum absolute atomic E-state index is 12.9. The Bertz CT molecular complexity index is 1150. The third-order valence-electron chi connectivity index (χ3n) is 6.93. The molecule has 0 saturated heterocycles. The van der Waals surface area contributed by atoms with E-state index in [-0.39, 0.29) is 17.6 Å². The summed E-state index contributed by atoms with van der Waals surface area (Å²) in [5.74, 6) is 0.574. The van der Waals surface area contributed by atoms with Gasteiger partial charge in [0.25, 0.3) is 5.91 Å². The first-order valence-electron chi connectivity index (χ1n) is 12.4. The van der Waals surface area contributed by atoms with Gasteiger partial charge in [-0.05, 0) is 79.0 Å². The number of nitrogens with zero attached hydrogens (tertiary/aromatic N) is 2. The number of halogens is 2. The average molecular weight is 514 g/mol. The number of hydrogen-bond acceptors (Lipinski definition) is 5. The van der Waals surface area contributed by atoms with Crippen molar-refractivity contribution in [1.29, 1.82) is 0 Å². The molecule has 7 nitrogen and oxygen atoms in total. The Hall–Kier alpha value is -3.30. The van der Waals surface area contributed by atoms with Crippen molar-refractivity contribution in [2.75, 3.05) is 14.2 Å². The summed E-state index contributed by atoms with van der Waals surface area (Å²) >= 11 is 0. The molecule has 1 aliphatic carbocycles. The lowest BCUT2D eigenvalue weighted by Gasteiger charge is -2.19. The van der Waals surface area contributed by atoms with E-state index in [4.69, 9.17) is 4.74 Å². The molecule has 3 aromatic rings. The number of carbonyl (C=O) groups excluding carboxylic acids is 1. The number of alkyl halides is 2. The normalized spacial score (nSPS) is 18.2. The van der Waals surface area contributed by atoms with Gasteiger partial charge in [-0.3, -0.25) is 9.89 Å². The van der Waals surface area contributed by atoms with E-state index in [0.29, 0.717) is 30.2 Å².